The van der Waals surface area contributed by atoms with Crippen LogP contribution in [0.4, 0.5) is 0 Å². The number of hydrogen-bond acceptors (Lipinski definition) is 6. The minimum absolute atomic E-state index is 0.102. The first-order valence-electron chi connectivity index (χ1n) is 24.4. The van der Waals surface area contributed by atoms with Crippen molar-refractivity contribution < 1.29 is 28.6 Å². The van der Waals surface area contributed by atoms with E-state index in [2.05, 4.69) is 93.7 Å². The second-order valence-electron chi connectivity index (χ2n) is 16.0. The van der Waals surface area contributed by atoms with Gasteiger partial charge in [-0.2, -0.15) is 0 Å². The van der Waals surface area contributed by atoms with Gasteiger partial charge in [0.05, 0.1) is 0 Å². The number of carbonyl (C=O) groups is 3. The lowest BCUT2D eigenvalue weighted by atomic mass is 10.1. The Hall–Kier alpha value is -3.15. The fraction of sp³-hybridized carbons (Fsp3) is 0.717. The first kappa shape index (κ1) is 55.9. The fourth-order valence-electron chi connectivity index (χ4n) is 6.45. The van der Waals surface area contributed by atoms with E-state index in [1.165, 1.54) is 103 Å². The third kappa shape index (κ3) is 45.8. The van der Waals surface area contributed by atoms with Crippen molar-refractivity contribution in [1.82, 2.24) is 0 Å². The van der Waals surface area contributed by atoms with Crippen molar-refractivity contribution in [3.8, 4) is 0 Å². The van der Waals surface area contributed by atoms with Crippen molar-refractivity contribution in [3.63, 3.8) is 0 Å². The van der Waals surface area contributed by atoms with Crippen molar-refractivity contribution in [1.29, 1.82) is 0 Å². The van der Waals surface area contributed by atoms with Crippen LogP contribution in [0.15, 0.2) is 72.9 Å². The van der Waals surface area contributed by atoms with Crippen LogP contribution in [0, 0.1) is 0 Å². The van der Waals surface area contributed by atoms with Crippen molar-refractivity contribution in [2.75, 3.05) is 13.2 Å². The molecule has 338 valence electrons. The highest BCUT2D eigenvalue weighted by atomic mass is 16.6. The summed E-state index contributed by atoms with van der Waals surface area (Å²) in [6, 6.07) is 0. The Bertz CT molecular complexity index is 1130. The molecule has 0 aromatic rings. The van der Waals surface area contributed by atoms with Crippen LogP contribution in [0.3, 0.4) is 0 Å². The lowest BCUT2D eigenvalue weighted by molar-refractivity contribution is -0.167. The number of allylic oxidation sites excluding steroid dienone is 12. The minimum atomic E-state index is -0.807. The molecule has 0 aliphatic carbocycles. The number of carbonyl (C=O) groups excluding carboxylic acids is 3. The molecule has 0 aromatic carbocycles. The summed E-state index contributed by atoms with van der Waals surface area (Å²) < 4.78 is 16.7. The Kier molecular flexibility index (Phi) is 45.0. The molecule has 6 heteroatoms. The topological polar surface area (TPSA) is 78.9 Å². The molecule has 0 amide bonds. The highest BCUT2D eigenvalue weighted by molar-refractivity contribution is 5.71. The summed E-state index contributed by atoms with van der Waals surface area (Å²) in [5.74, 6) is -0.983. The van der Waals surface area contributed by atoms with Crippen LogP contribution < -0.4 is 0 Å². The maximum atomic E-state index is 12.7. The minimum Gasteiger partial charge on any atom is -0.462 e. The van der Waals surface area contributed by atoms with Crippen molar-refractivity contribution >= 4 is 17.9 Å². The zero-order valence-corrected chi connectivity index (χ0v) is 38.5. The van der Waals surface area contributed by atoms with E-state index < -0.39 is 6.10 Å². The van der Waals surface area contributed by atoms with Gasteiger partial charge in [-0.05, 0) is 96.3 Å². The maximum absolute atomic E-state index is 12.7. The lowest BCUT2D eigenvalue weighted by Crippen LogP contribution is -2.30. The molecule has 0 saturated carbocycles. The monoisotopic (exact) mass is 823 g/mol. The summed E-state index contributed by atoms with van der Waals surface area (Å²) in [6.07, 6.45) is 58.8. The normalized spacial score (nSPS) is 12.7. The van der Waals surface area contributed by atoms with Gasteiger partial charge in [0.2, 0.25) is 0 Å². The Balaban J connectivity index is 4.51. The smallest absolute Gasteiger partial charge is 0.306 e. The van der Waals surface area contributed by atoms with Crippen molar-refractivity contribution in [3.05, 3.63) is 72.9 Å². The molecular formula is C53H90O6. The molecule has 0 unspecified atom stereocenters. The molecule has 0 aromatic heterocycles. The Labute approximate surface area is 363 Å². The van der Waals surface area contributed by atoms with E-state index in [9.17, 15) is 14.4 Å². The SMILES string of the molecule is CCCCC/C=C\C/C=C\C/C=C\CCCCC(=O)OC[C@@H](COC(=O)CCCCCCCCCCCCC)OC(=O)CCCC/C=C\C/C=C\C/C=C\CCCCC. The summed E-state index contributed by atoms with van der Waals surface area (Å²) in [4.78, 5) is 37.8. The van der Waals surface area contributed by atoms with Gasteiger partial charge in [-0.1, -0.05) is 184 Å². The van der Waals surface area contributed by atoms with Crippen molar-refractivity contribution in [2.45, 2.75) is 232 Å². The van der Waals surface area contributed by atoms with Crippen LogP contribution >= 0.6 is 0 Å². The van der Waals surface area contributed by atoms with Gasteiger partial charge in [-0.3, -0.25) is 14.4 Å². The molecule has 0 aliphatic heterocycles. The predicted octanol–water partition coefficient (Wildman–Crippen LogP) is 15.9. The number of ether oxygens (including phenoxy) is 3. The standard InChI is InChI=1S/C53H90O6/c1-4-7-10-13-16-19-22-24-26-28-31-34-37-40-43-46-52(55)58-49-50(48-57-51(54)45-42-39-36-33-30-21-18-15-12-9-6-3)59-53(56)47-44-41-38-35-32-29-27-25-23-20-17-14-11-8-5-2/h16-17,19-20,24-27,31-32,34-35,50H,4-15,18,21-23,28-30,33,36-49H2,1-3H3/b19-16-,20-17-,26-24-,27-25-,34-31-,35-32-/t50-/m1/s1. The van der Waals surface area contributed by atoms with Crippen LogP contribution in [0.25, 0.3) is 0 Å². The lowest BCUT2D eigenvalue weighted by Gasteiger charge is -2.18. The second kappa shape index (κ2) is 47.5. The van der Waals surface area contributed by atoms with Gasteiger partial charge < -0.3 is 14.2 Å². The molecule has 0 heterocycles. The second-order valence-corrected chi connectivity index (χ2v) is 16.0. The largest absolute Gasteiger partial charge is 0.462 e. The molecule has 1 atom stereocenters. The third-order valence-electron chi connectivity index (χ3n) is 10.2. The number of unbranched alkanes of at least 4 members (excludes halogenated alkanes) is 20. The van der Waals surface area contributed by atoms with Gasteiger partial charge in [0.1, 0.15) is 13.2 Å². The molecule has 0 aliphatic rings. The predicted molar refractivity (Wildman–Crippen MR) is 251 cm³/mol. The van der Waals surface area contributed by atoms with E-state index in [1.807, 2.05) is 0 Å². The molecule has 6 nitrogen and oxygen atoms in total. The van der Waals surface area contributed by atoms with Crippen molar-refractivity contribution in [2.24, 2.45) is 0 Å². The van der Waals surface area contributed by atoms with E-state index in [-0.39, 0.29) is 37.5 Å². The summed E-state index contributed by atoms with van der Waals surface area (Å²) in [5.41, 5.74) is 0. The molecule has 59 heavy (non-hydrogen) atoms. The summed E-state index contributed by atoms with van der Waals surface area (Å²) >= 11 is 0. The number of esters is 3. The summed E-state index contributed by atoms with van der Waals surface area (Å²) in [5, 5.41) is 0. The van der Waals surface area contributed by atoms with E-state index in [4.69, 9.17) is 14.2 Å². The van der Waals surface area contributed by atoms with E-state index in [0.717, 1.165) is 77.0 Å². The van der Waals surface area contributed by atoms with Crippen LogP contribution in [-0.4, -0.2) is 37.2 Å². The van der Waals surface area contributed by atoms with Crippen LogP contribution in [0.1, 0.15) is 226 Å². The van der Waals surface area contributed by atoms with Gasteiger partial charge in [0.25, 0.3) is 0 Å². The Morgan fingerprint density at radius 3 is 0.983 bits per heavy atom. The molecule has 0 saturated heterocycles. The first-order chi connectivity index (χ1) is 29.0. The Morgan fingerprint density at radius 1 is 0.339 bits per heavy atom. The molecular weight excluding hydrogens is 733 g/mol. The first-order valence-corrected chi connectivity index (χ1v) is 24.4. The van der Waals surface area contributed by atoms with Gasteiger partial charge in [-0.15, -0.1) is 0 Å². The fourth-order valence-corrected chi connectivity index (χ4v) is 6.45. The van der Waals surface area contributed by atoms with Crippen LogP contribution in [0.2, 0.25) is 0 Å². The highest BCUT2D eigenvalue weighted by Crippen LogP contribution is 2.13. The van der Waals surface area contributed by atoms with Gasteiger partial charge in [-0.25, -0.2) is 0 Å². The summed E-state index contributed by atoms with van der Waals surface area (Å²) in [6.45, 7) is 6.50. The summed E-state index contributed by atoms with van der Waals surface area (Å²) in [7, 11) is 0. The van der Waals surface area contributed by atoms with E-state index in [0.29, 0.717) is 19.3 Å². The Morgan fingerprint density at radius 2 is 0.610 bits per heavy atom. The average molecular weight is 823 g/mol. The molecule has 0 fully saturated rings. The van der Waals surface area contributed by atoms with Gasteiger partial charge in [0, 0.05) is 19.3 Å². The average Bonchev–Trinajstić information content (AvgIpc) is 3.23. The zero-order chi connectivity index (χ0) is 43.0. The molecule has 0 rings (SSSR count). The maximum Gasteiger partial charge on any atom is 0.306 e. The molecule has 0 bridgehead atoms. The number of rotatable bonds is 43. The van der Waals surface area contributed by atoms with Gasteiger partial charge >= 0.3 is 17.9 Å². The van der Waals surface area contributed by atoms with E-state index in [1.54, 1.807) is 0 Å². The molecule has 0 radical (unpaired) electrons. The molecule has 0 N–H and O–H groups in total. The van der Waals surface area contributed by atoms with Crippen LogP contribution in [0.5, 0.6) is 0 Å². The van der Waals surface area contributed by atoms with E-state index >= 15 is 0 Å². The highest BCUT2D eigenvalue weighted by Gasteiger charge is 2.19. The molecule has 0 spiro atoms. The van der Waals surface area contributed by atoms with Crippen LogP contribution in [-0.2, 0) is 28.6 Å². The van der Waals surface area contributed by atoms with Gasteiger partial charge in [0.15, 0.2) is 6.10 Å². The zero-order valence-electron chi connectivity index (χ0n) is 38.5. The third-order valence-corrected chi connectivity index (χ3v) is 10.2. The quantitative estimate of drug-likeness (QED) is 0.0264. The number of hydrogen-bond donors (Lipinski definition) is 0.